The Bertz CT molecular complexity index is 2570. The van der Waals surface area contributed by atoms with Crippen LogP contribution in [0.15, 0.2) is 115 Å². The van der Waals surface area contributed by atoms with E-state index in [-0.39, 0.29) is 0 Å². The maximum Gasteiger partial charge on any atom is 0.0999 e. The lowest BCUT2D eigenvalue weighted by Crippen LogP contribution is -1.94. The second-order valence-corrected chi connectivity index (χ2v) is 12.8. The van der Waals surface area contributed by atoms with E-state index in [9.17, 15) is 15.8 Å². The van der Waals surface area contributed by atoms with Gasteiger partial charge in [0.15, 0.2) is 0 Å². The van der Waals surface area contributed by atoms with Crippen LogP contribution in [-0.2, 0) is 0 Å². The van der Waals surface area contributed by atoms with E-state index >= 15 is 0 Å². The molecule has 0 N–H and O–H groups in total. The average Bonchev–Trinajstić information content (AvgIpc) is 3.65. The zero-order valence-corrected chi connectivity index (χ0v) is 24.8. The highest BCUT2D eigenvalue weighted by Crippen LogP contribution is 2.43. The molecule has 0 spiro atoms. The van der Waals surface area contributed by atoms with Crippen molar-refractivity contribution in [2.75, 3.05) is 0 Å². The molecule has 0 atom stereocenters. The van der Waals surface area contributed by atoms with Crippen LogP contribution in [0.2, 0.25) is 0 Å². The van der Waals surface area contributed by atoms with Gasteiger partial charge in [-0.1, -0.05) is 60.7 Å². The number of hydrogen-bond acceptors (Lipinski definition) is 5. The third kappa shape index (κ3) is 4.06. The standard InChI is InChI=1S/C39H19N3S2/c40-20-23-14-28(21-41)38(29(15-23)22-42)27-17-25(24-12-13-32-31-6-1-3-9-34(31)44-37(32)19-24)16-26(18-27)30-8-5-11-36-39(30)33-7-2-4-10-35(33)43-36/h1-19H. The van der Waals surface area contributed by atoms with Crippen LogP contribution in [0.5, 0.6) is 0 Å². The third-order valence-electron chi connectivity index (χ3n) is 8.16. The first-order valence-corrected chi connectivity index (χ1v) is 15.6. The van der Waals surface area contributed by atoms with Gasteiger partial charge in [-0.05, 0) is 82.4 Å². The van der Waals surface area contributed by atoms with Gasteiger partial charge in [0.1, 0.15) is 0 Å². The molecule has 0 aliphatic heterocycles. The van der Waals surface area contributed by atoms with Crippen LogP contribution in [-0.4, -0.2) is 0 Å². The van der Waals surface area contributed by atoms with E-state index in [4.69, 9.17) is 0 Å². The Morgan fingerprint density at radius 3 is 1.80 bits per heavy atom. The topological polar surface area (TPSA) is 71.4 Å². The van der Waals surface area contributed by atoms with Crippen LogP contribution in [0.4, 0.5) is 0 Å². The summed E-state index contributed by atoms with van der Waals surface area (Å²) in [5, 5.41) is 34.7. The highest BCUT2D eigenvalue weighted by molar-refractivity contribution is 7.26. The summed E-state index contributed by atoms with van der Waals surface area (Å²) >= 11 is 3.55. The van der Waals surface area contributed by atoms with Crippen molar-refractivity contribution in [1.29, 1.82) is 15.8 Å². The van der Waals surface area contributed by atoms with E-state index in [1.165, 1.54) is 40.3 Å². The Morgan fingerprint density at radius 1 is 0.432 bits per heavy atom. The van der Waals surface area contributed by atoms with Gasteiger partial charge >= 0.3 is 0 Å². The van der Waals surface area contributed by atoms with E-state index in [2.05, 4.69) is 121 Å². The predicted molar refractivity (Wildman–Crippen MR) is 183 cm³/mol. The quantitative estimate of drug-likeness (QED) is 0.205. The van der Waals surface area contributed by atoms with E-state index in [0.29, 0.717) is 22.3 Å². The van der Waals surface area contributed by atoms with Crippen molar-refractivity contribution in [2.45, 2.75) is 0 Å². The summed E-state index contributed by atoms with van der Waals surface area (Å²) in [7, 11) is 0. The van der Waals surface area contributed by atoms with Gasteiger partial charge in [0.2, 0.25) is 0 Å². The van der Waals surface area contributed by atoms with E-state index in [1.807, 2.05) is 0 Å². The van der Waals surface area contributed by atoms with Gasteiger partial charge in [-0.25, -0.2) is 0 Å². The summed E-state index contributed by atoms with van der Waals surface area (Å²) in [6, 6.07) is 46.0. The smallest absolute Gasteiger partial charge is 0.0999 e. The SMILES string of the molecule is N#Cc1cc(C#N)c(-c2cc(-c3ccc4c(c3)sc3ccccc34)cc(-c3cccc4sc5ccccc5c34)c2)c(C#N)c1. The zero-order valence-electron chi connectivity index (χ0n) is 23.1. The van der Waals surface area contributed by atoms with Gasteiger partial charge in [0.25, 0.3) is 0 Å². The molecule has 8 aromatic rings. The van der Waals surface area contributed by atoms with E-state index < -0.39 is 0 Å². The van der Waals surface area contributed by atoms with Gasteiger partial charge in [0, 0.05) is 45.9 Å². The molecule has 8 rings (SSSR count). The summed E-state index contributed by atoms with van der Waals surface area (Å²) in [6.45, 7) is 0. The number of thiophene rings is 2. The number of fused-ring (bicyclic) bond motifs is 6. The van der Waals surface area contributed by atoms with Crippen LogP contribution >= 0.6 is 22.7 Å². The molecule has 6 aromatic carbocycles. The molecule has 0 saturated carbocycles. The largest absolute Gasteiger partial charge is 0.192 e. The highest BCUT2D eigenvalue weighted by atomic mass is 32.1. The molecular weight excluding hydrogens is 575 g/mol. The third-order valence-corrected chi connectivity index (χ3v) is 10.4. The zero-order chi connectivity index (χ0) is 29.8. The first kappa shape index (κ1) is 25.9. The van der Waals surface area contributed by atoms with Crippen LogP contribution in [0.1, 0.15) is 16.7 Å². The Kier molecular flexibility index (Phi) is 6.00. The predicted octanol–water partition coefficient (Wildman–Crippen LogP) is 11.0. The first-order valence-electron chi connectivity index (χ1n) is 14.0. The van der Waals surface area contributed by atoms with E-state index in [1.54, 1.807) is 34.8 Å². The fourth-order valence-electron chi connectivity index (χ4n) is 6.21. The molecule has 2 heterocycles. The van der Waals surface area contributed by atoms with Gasteiger partial charge < -0.3 is 0 Å². The summed E-state index contributed by atoms with van der Waals surface area (Å²) in [4.78, 5) is 0. The lowest BCUT2D eigenvalue weighted by molar-refractivity contribution is 1.41. The highest BCUT2D eigenvalue weighted by Gasteiger charge is 2.18. The minimum atomic E-state index is 0.294. The van der Waals surface area contributed by atoms with Crippen molar-refractivity contribution < 1.29 is 0 Å². The van der Waals surface area contributed by atoms with Crippen molar-refractivity contribution >= 4 is 63.0 Å². The molecule has 0 unspecified atom stereocenters. The molecular formula is C39H19N3S2. The normalized spacial score (nSPS) is 11.1. The lowest BCUT2D eigenvalue weighted by Gasteiger charge is -2.14. The van der Waals surface area contributed by atoms with Gasteiger partial charge in [0.05, 0.1) is 34.9 Å². The van der Waals surface area contributed by atoms with E-state index in [0.717, 1.165) is 27.8 Å². The molecule has 0 saturated heterocycles. The molecule has 3 nitrogen and oxygen atoms in total. The van der Waals surface area contributed by atoms with Crippen LogP contribution < -0.4 is 0 Å². The minimum absolute atomic E-state index is 0.294. The molecule has 0 bridgehead atoms. The molecule has 0 aliphatic carbocycles. The minimum Gasteiger partial charge on any atom is -0.192 e. The number of hydrogen-bond donors (Lipinski definition) is 0. The van der Waals surface area contributed by atoms with Gasteiger partial charge in [-0.3, -0.25) is 0 Å². The van der Waals surface area contributed by atoms with Gasteiger partial charge in [-0.15, -0.1) is 22.7 Å². The molecule has 0 fully saturated rings. The molecule has 202 valence electrons. The summed E-state index contributed by atoms with van der Waals surface area (Å²) < 4.78 is 4.89. The molecule has 2 aromatic heterocycles. The fraction of sp³-hybridized carbons (Fsp3) is 0. The number of benzene rings is 6. The number of nitrogens with zero attached hydrogens (tertiary/aromatic N) is 3. The lowest BCUT2D eigenvalue weighted by atomic mass is 9.88. The average molecular weight is 594 g/mol. The van der Waals surface area contributed by atoms with Crippen LogP contribution in [0.3, 0.4) is 0 Å². The molecule has 0 aliphatic rings. The van der Waals surface area contributed by atoms with Gasteiger partial charge in [-0.2, -0.15) is 15.8 Å². The van der Waals surface area contributed by atoms with Crippen LogP contribution in [0.25, 0.3) is 73.7 Å². The number of rotatable bonds is 3. The Balaban J connectivity index is 1.44. The van der Waals surface area contributed by atoms with Crippen molar-refractivity contribution in [3.05, 3.63) is 132 Å². The first-order chi connectivity index (χ1) is 21.6. The number of nitriles is 3. The van der Waals surface area contributed by atoms with Crippen molar-refractivity contribution in [1.82, 2.24) is 0 Å². The summed E-state index contributed by atoms with van der Waals surface area (Å²) in [6.07, 6.45) is 0. The van der Waals surface area contributed by atoms with Crippen LogP contribution in [0, 0.1) is 34.0 Å². The molecule has 5 heteroatoms. The van der Waals surface area contributed by atoms with Crippen molar-refractivity contribution in [3.8, 4) is 51.6 Å². The summed E-state index contributed by atoms with van der Waals surface area (Å²) in [5.41, 5.74) is 6.36. The Hall–Kier alpha value is -5.77. The monoisotopic (exact) mass is 593 g/mol. The van der Waals surface area contributed by atoms with Crippen molar-refractivity contribution in [3.63, 3.8) is 0 Å². The molecule has 0 amide bonds. The Morgan fingerprint density at radius 2 is 1.05 bits per heavy atom. The maximum absolute atomic E-state index is 10.1. The second kappa shape index (κ2) is 10.2. The Labute approximate surface area is 261 Å². The fourth-order valence-corrected chi connectivity index (χ4v) is 8.49. The molecule has 0 radical (unpaired) electrons. The van der Waals surface area contributed by atoms with Crippen molar-refractivity contribution in [2.24, 2.45) is 0 Å². The second-order valence-electron chi connectivity index (χ2n) is 10.7. The molecule has 44 heavy (non-hydrogen) atoms. The summed E-state index contributed by atoms with van der Waals surface area (Å²) in [5.74, 6) is 0. The maximum atomic E-state index is 10.1.